The molecule has 1 N–H and O–H groups in total. The van der Waals surface area contributed by atoms with Crippen LogP contribution in [0.5, 0.6) is 0 Å². The fourth-order valence-corrected chi connectivity index (χ4v) is 3.48. The van der Waals surface area contributed by atoms with Crippen molar-refractivity contribution in [2.45, 2.75) is 4.90 Å². The van der Waals surface area contributed by atoms with Gasteiger partial charge >= 0.3 is 6.03 Å². The van der Waals surface area contributed by atoms with Gasteiger partial charge in [0, 0.05) is 22.7 Å². The predicted molar refractivity (Wildman–Crippen MR) is 58.9 cm³/mol. The summed E-state index contributed by atoms with van der Waals surface area (Å²) >= 11 is 0. The van der Waals surface area contributed by atoms with Gasteiger partial charge in [-0.25, -0.2) is 4.79 Å². The summed E-state index contributed by atoms with van der Waals surface area (Å²) in [5.74, 6) is 1.08. The summed E-state index contributed by atoms with van der Waals surface area (Å²) < 4.78 is 0. The Morgan fingerprint density at radius 3 is 3.07 bits per heavy atom. The Labute approximate surface area is 88.7 Å². The van der Waals surface area contributed by atoms with Gasteiger partial charge in [0.2, 0.25) is 0 Å². The number of nitrogens with zero attached hydrogens (tertiary/aromatic N) is 2. The number of carbonyl (C=O) groups excluding carboxylic acids is 1. The Balaban J connectivity index is 2.28. The minimum absolute atomic E-state index is 0.0706. The SMILES string of the molecule is O=C1N=c2cccc(S3=CNCC3)c2=N1. The number of amides is 2. The number of urea groups is 1. The lowest BCUT2D eigenvalue weighted by atomic mass is 10.3. The molecular weight excluding hydrogens is 210 g/mol. The van der Waals surface area contributed by atoms with Gasteiger partial charge in [-0.15, -0.1) is 10.5 Å². The third kappa shape index (κ3) is 1.44. The Morgan fingerprint density at radius 1 is 1.33 bits per heavy atom. The van der Waals surface area contributed by atoms with Gasteiger partial charge < -0.3 is 0 Å². The molecule has 0 radical (unpaired) electrons. The minimum Gasteiger partial charge on any atom is -0.289 e. The molecule has 0 spiro atoms. The topological polar surface area (TPSA) is 53.8 Å². The maximum Gasteiger partial charge on any atom is 0.368 e. The molecule has 1 aromatic carbocycles. The van der Waals surface area contributed by atoms with Crippen molar-refractivity contribution in [3.8, 4) is 0 Å². The molecule has 76 valence electrons. The highest BCUT2D eigenvalue weighted by molar-refractivity contribution is 8.15. The second-order valence-corrected chi connectivity index (χ2v) is 5.28. The van der Waals surface area contributed by atoms with E-state index in [2.05, 4.69) is 20.8 Å². The van der Waals surface area contributed by atoms with Crippen LogP contribution in [0.2, 0.25) is 0 Å². The van der Waals surface area contributed by atoms with Crippen LogP contribution in [0.3, 0.4) is 0 Å². The molecule has 0 aliphatic carbocycles. The molecule has 0 saturated heterocycles. The molecule has 0 aromatic heterocycles. The Hall–Kier alpha value is -1.33. The molecular formula is C10H9N3OS. The highest BCUT2D eigenvalue weighted by Crippen LogP contribution is 2.23. The summed E-state index contributed by atoms with van der Waals surface area (Å²) in [7, 11) is 0.0706. The van der Waals surface area contributed by atoms with Crippen LogP contribution in [0.1, 0.15) is 0 Å². The fraction of sp³-hybridized carbons (Fsp3) is 0.200. The van der Waals surface area contributed by atoms with E-state index in [1.165, 1.54) is 0 Å². The molecule has 1 atom stereocenters. The second kappa shape index (κ2) is 3.36. The van der Waals surface area contributed by atoms with E-state index in [-0.39, 0.29) is 16.5 Å². The Kier molecular flexibility index (Phi) is 2.00. The zero-order valence-corrected chi connectivity index (χ0v) is 8.75. The van der Waals surface area contributed by atoms with E-state index in [0.29, 0.717) is 5.36 Å². The van der Waals surface area contributed by atoms with Gasteiger partial charge in [-0.1, -0.05) is 6.07 Å². The average molecular weight is 219 g/mol. The van der Waals surface area contributed by atoms with Crippen LogP contribution in [-0.4, -0.2) is 23.8 Å². The number of carbonyl (C=O) groups is 1. The lowest BCUT2D eigenvalue weighted by molar-refractivity contribution is 0.256. The second-order valence-electron chi connectivity index (χ2n) is 3.34. The lowest BCUT2D eigenvalue weighted by Gasteiger charge is -2.01. The fourth-order valence-electron chi connectivity index (χ4n) is 1.71. The molecule has 2 heterocycles. The van der Waals surface area contributed by atoms with Crippen LogP contribution in [0.15, 0.2) is 33.1 Å². The van der Waals surface area contributed by atoms with Crippen LogP contribution >= 0.6 is 10.5 Å². The molecule has 2 amide bonds. The quantitative estimate of drug-likeness (QED) is 0.679. The van der Waals surface area contributed by atoms with Crippen LogP contribution in [0.25, 0.3) is 0 Å². The van der Waals surface area contributed by atoms with E-state index in [4.69, 9.17) is 0 Å². The van der Waals surface area contributed by atoms with Crippen molar-refractivity contribution < 1.29 is 4.79 Å². The van der Waals surface area contributed by atoms with Gasteiger partial charge in [0.1, 0.15) is 5.36 Å². The van der Waals surface area contributed by atoms with Crippen LogP contribution in [0, 0.1) is 0 Å². The molecule has 15 heavy (non-hydrogen) atoms. The van der Waals surface area contributed by atoms with E-state index < -0.39 is 0 Å². The van der Waals surface area contributed by atoms with Gasteiger partial charge in [-0.2, -0.15) is 9.98 Å². The first-order valence-corrected chi connectivity index (χ1v) is 6.17. The van der Waals surface area contributed by atoms with Gasteiger partial charge in [-0.3, -0.25) is 5.32 Å². The molecule has 0 fully saturated rings. The Bertz CT molecular complexity index is 591. The Morgan fingerprint density at radius 2 is 2.27 bits per heavy atom. The highest BCUT2D eigenvalue weighted by atomic mass is 32.2. The van der Waals surface area contributed by atoms with Crippen molar-refractivity contribution in [2.24, 2.45) is 9.98 Å². The number of fused-ring (bicyclic) bond motifs is 1. The number of rotatable bonds is 1. The molecule has 2 aliphatic heterocycles. The summed E-state index contributed by atoms with van der Waals surface area (Å²) in [5, 5.41) is 4.69. The normalized spacial score (nSPS) is 22.9. The van der Waals surface area contributed by atoms with Crippen LogP contribution in [0.4, 0.5) is 4.79 Å². The minimum atomic E-state index is -0.381. The first-order valence-electron chi connectivity index (χ1n) is 4.71. The third-order valence-electron chi connectivity index (χ3n) is 2.38. The van der Waals surface area contributed by atoms with E-state index >= 15 is 0 Å². The maximum atomic E-state index is 11.1. The standard InChI is InChI=1S/C10H9N3OS/c14-10-12-7-2-1-3-8(9(7)13-10)15-5-4-11-6-15/h1-3,6,11H,4-5H2. The van der Waals surface area contributed by atoms with Crippen LogP contribution in [-0.2, 0) is 0 Å². The maximum absolute atomic E-state index is 11.1. The molecule has 0 saturated carbocycles. The van der Waals surface area contributed by atoms with Crippen molar-refractivity contribution in [1.29, 1.82) is 0 Å². The van der Waals surface area contributed by atoms with Gasteiger partial charge in [0.05, 0.1) is 5.36 Å². The van der Waals surface area contributed by atoms with Gasteiger partial charge in [0.15, 0.2) is 0 Å². The van der Waals surface area contributed by atoms with Crippen molar-refractivity contribution in [3.05, 3.63) is 28.9 Å². The summed E-state index contributed by atoms with van der Waals surface area (Å²) in [5.41, 5.74) is 2.09. The molecule has 0 bridgehead atoms. The van der Waals surface area contributed by atoms with Gasteiger partial charge in [0.25, 0.3) is 0 Å². The van der Waals surface area contributed by atoms with E-state index in [0.717, 1.165) is 22.6 Å². The van der Waals surface area contributed by atoms with Crippen molar-refractivity contribution >= 4 is 22.0 Å². The summed E-state index contributed by atoms with van der Waals surface area (Å²) in [6.07, 6.45) is 0. The zero-order valence-electron chi connectivity index (χ0n) is 7.93. The van der Waals surface area contributed by atoms with E-state index in [9.17, 15) is 4.79 Å². The third-order valence-corrected chi connectivity index (χ3v) is 4.37. The molecule has 3 rings (SSSR count). The van der Waals surface area contributed by atoms with E-state index in [1.54, 1.807) is 0 Å². The first kappa shape index (κ1) is 8.94. The number of hydrogen-bond acceptors (Lipinski definition) is 2. The molecule has 5 heteroatoms. The zero-order chi connectivity index (χ0) is 10.3. The number of hydrogen-bond donors (Lipinski definition) is 1. The molecule has 2 aliphatic rings. The summed E-state index contributed by atoms with van der Waals surface area (Å²) in [4.78, 5) is 20.0. The molecule has 1 aromatic rings. The van der Waals surface area contributed by atoms with E-state index in [1.807, 2.05) is 18.2 Å². The number of para-hydroxylation sites is 1. The molecule has 4 nitrogen and oxygen atoms in total. The largest absolute Gasteiger partial charge is 0.368 e. The van der Waals surface area contributed by atoms with Crippen LogP contribution < -0.4 is 16.0 Å². The van der Waals surface area contributed by atoms with Crippen molar-refractivity contribution in [1.82, 2.24) is 5.32 Å². The first-order chi connectivity index (χ1) is 7.34. The number of nitrogens with one attached hydrogen (secondary N) is 1. The molecule has 1 unspecified atom stereocenters. The lowest BCUT2D eigenvalue weighted by Crippen LogP contribution is -2.23. The summed E-state index contributed by atoms with van der Waals surface area (Å²) in [6.45, 7) is 0.998. The van der Waals surface area contributed by atoms with Gasteiger partial charge in [-0.05, 0) is 12.1 Å². The van der Waals surface area contributed by atoms with Crippen molar-refractivity contribution in [3.63, 3.8) is 0 Å². The predicted octanol–water partition coefficient (Wildman–Crippen LogP) is 0.0501. The van der Waals surface area contributed by atoms with Crippen molar-refractivity contribution in [2.75, 3.05) is 12.3 Å². The average Bonchev–Trinajstić information content (AvgIpc) is 2.82. The number of benzene rings is 1. The summed E-state index contributed by atoms with van der Waals surface area (Å²) in [6, 6.07) is 5.42. The highest BCUT2D eigenvalue weighted by Gasteiger charge is 2.12. The monoisotopic (exact) mass is 219 g/mol. The smallest absolute Gasteiger partial charge is 0.289 e.